The minimum Gasteiger partial charge on any atom is -0.545 e. The molecular weight excluding hydrogens is 548 g/mol. The number of carboxylic acids is 4. The first kappa shape index (κ1) is 35.6. The average molecular weight is 585 g/mol. The highest BCUT2D eigenvalue weighted by Crippen LogP contribution is 2.34. The molecule has 13 heteroatoms. The van der Waals surface area contributed by atoms with Crippen LogP contribution in [0.5, 0.6) is 0 Å². The SMILES string of the molecule is CC[NH+](CC)CCC[NH2+]CCC(O)(c1ccsc1)c1ccsc1.O=C([O-])/C=C/C(=O)O.O=C([O-])/C=C/C(=O)O. The first-order chi connectivity index (χ1) is 18.5. The van der Waals surface area contributed by atoms with Crippen molar-refractivity contribution in [2.45, 2.75) is 32.3 Å². The third-order valence-corrected chi connectivity index (χ3v) is 6.74. The van der Waals surface area contributed by atoms with Gasteiger partial charge in [-0.2, -0.15) is 22.7 Å². The molecule has 39 heavy (non-hydrogen) atoms. The van der Waals surface area contributed by atoms with Crippen LogP contribution >= 0.6 is 22.7 Å². The fourth-order valence-corrected chi connectivity index (χ4v) is 4.74. The minimum absolute atomic E-state index is 0.447. The minimum atomic E-state index is -1.51. The average Bonchev–Trinajstić information content (AvgIpc) is 3.62. The number of quaternary nitrogens is 2. The summed E-state index contributed by atoms with van der Waals surface area (Å²) < 4.78 is 0. The fraction of sp³-hybridized carbons (Fsp3) is 0.385. The lowest BCUT2D eigenvalue weighted by atomic mass is 9.87. The summed E-state index contributed by atoms with van der Waals surface area (Å²) in [6, 6.07) is 4.10. The summed E-state index contributed by atoms with van der Waals surface area (Å²) in [5.74, 6) is -5.61. The van der Waals surface area contributed by atoms with Gasteiger partial charge in [0.2, 0.25) is 0 Å². The van der Waals surface area contributed by atoms with E-state index in [0.29, 0.717) is 24.3 Å². The Kier molecular flexibility index (Phi) is 18.8. The third kappa shape index (κ3) is 17.0. The van der Waals surface area contributed by atoms with Crippen LogP contribution in [0.15, 0.2) is 58.0 Å². The lowest BCUT2D eigenvalue weighted by molar-refractivity contribution is -0.898. The molecule has 2 heterocycles. The topological polar surface area (TPSA) is 196 Å². The molecule has 0 aliphatic carbocycles. The van der Waals surface area contributed by atoms with Gasteiger partial charge in [0.25, 0.3) is 0 Å². The van der Waals surface area contributed by atoms with Crippen LogP contribution < -0.4 is 20.4 Å². The van der Waals surface area contributed by atoms with Gasteiger partial charge < -0.3 is 45.3 Å². The van der Waals surface area contributed by atoms with Crippen LogP contribution in [0.4, 0.5) is 0 Å². The van der Waals surface area contributed by atoms with Gasteiger partial charge in [-0.3, -0.25) is 0 Å². The molecule has 0 amide bonds. The van der Waals surface area contributed by atoms with Crippen molar-refractivity contribution in [1.82, 2.24) is 0 Å². The number of hydrogen-bond acceptors (Lipinski definition) is 9. The molecule has 0 spiro atoms. The van der Waals surface area contributed by atoms with Crippen molar-refractivity contribution in [3.63, 3.8) is 0 Å². The lowest BCUT2D eigenvalue weighted by Crippen LogP contribution is -3.11. The number of rotatable bonds is 15. The van der Waals surface area contributed by atoms with Crippen LogP contribution in [0.3, 0.4) is 0 Å². The Hall–Kier alpha value is -3.36. The molecule has 6 N–H and O–H groups in total. The number of carbonyl (C=O) groups excluding carboxylic acids is 2. The van der Waals surface area contributed by atoms with Crippen molar-refractivity contribution in [1.29, 1.82) is 0 Å². The van der Waals surface area contributed by atoms with Gasteiger partial charge in [0.1, 0.15) is 5.60 Å². The summed E-state index contributed by atoms with van der Waals surface area (Å²) in [4.78, 5) is 39.6. The predicted octanol–water partition coefficient (Wildman–Crippen LogP) is -1.93. The predicted molar refractivity (Wildman–Crippen MR) is 143 cm³/mol. The van der Waals surface area contributed by atoms with Crippen LogP contribution in [0.1, 0.15) is 37.8 Å². The molecule has 0 fully saturated rings. The number of hydrogen-bond donors (Lipinski definition) is 5. The van der Waals surface area contributed by atoms with E-state index in [1.54, 1.807) is 27.6 Å². The van der Waals surface area contributed by atoms with E-state index < -0.39 is 29.5 Å². The summed E-state index contributed by atoms with van der Waals surface area (Å²) in [5, 5.41) is 56.3. The maximum atomic E-state index is 11.2. The van der Waals surface area contributed by atoms with Gasteiger partial charge in [-0.15, -0.1) is 0 Å². The molecule has 0 bridgehead atoms. The molecule has 11 nitrogen and oxygen atoms in total. The number of carboxylic acid groups (broad SMARTS) is 4. The largest absolute Gasteiger partial charge is 0.545 e. The van der Waals surface area contributed by atoms with E-state index in [9.17, 15) is 34.5 Å². The molecule has 2 aromatic rings. The van der Waals surface area contributed by atoms with Gasteiger partial charge in [0.15, 0.2) is 0 Å². The monoisotopic (exact) mass is 584 g/mol. The molecule has 2 rings (SSSR count). The van der Waals surface area contributed by atoms with Crippen molar-refractivity contribution in [2.24, 2.45) is 0 Å². The molecule has 216 valence electrons. The van der Waals surface area contributed by atoms with Gasteiger partial charge in [-0.05, 0) is 70.8 Å². The highest BCUT2D eigenvalue weighted by atomic mass is 32.1. The second-order valence-electron chi connectivity index (χ2n) is 8.04. The molecule has 0 aliphatic rings. The molecule has 0 saturated carbocycles. The normalized spacial score (nSPS) is 11.1. The zero-order valence-electron chi connectivity index (χ0n) is 21.9. The molecule has 0 aromatic carbocycles. The number of aliphatic carboxylic acids is 4. The first-order valence-electron chi connectivity index (χ1n) is 12.1. The van der Waals surface area contributed by atoms with E-state index in [-0.39, 0.29) is 0 Å². The molecule has 0 radical (unpaired) electrons. The Morgan fingerprint density at radius 1 is 0.872 bits per heavy atom. The van der Waals surface area contributed by atoms with Gasteiger partial charge in [0, 0.05) is 25.0 Å². The van der Waals surface area contributed by atoms with Gasteiger partial charge in [-0.1, -0.05) is 0 Å². The van der Waals surface area contributed by atoms with Gasteiger partial charge in [-0.25, -0.2) is 9.59 Å². The quantitative estimate of drug-likeness (QED) is 0.117. The van der Waals surface area contributed by atoms with Crippen molar-refractivity contribution in [2.75, 3.05) is 32.7 Å². The van der Waals surface area contributed by atoms with E-state index >= 15 is 0 Å². The molecular formula is C26H36N2O9S2. The van der Waals surface area contributed by atoms with E-state index in [0.717, 1.165) is 30.6 Å². The van der Waals surface area contributed by atoms with Crippen molar-refractivity contribution >= 4 is 46.6 Å². The van der Waals surface area contributed by atoms with Crippen LogP contribution in [0, 0.1) is 0 Å². The van der Waals surface area contributed by atoms with Crippen LogP contribution in [0.2, 0.25) is 0 Å². The Morgan fingerprint density at radius 2 is 1.33 bits per heavy atom. The lowest BCUT2D eigenvalue weighted by Gasteiger charge is -2.26. The highest BCUT2D eigenvalue weighted by molar-refractivity contribution is 7.08. The van der Waals surface area contributed by atoms with Crippen LogP contribution in [-0.2, 0) is 24.8 Å². The zero-order chi connectivity index (χ0) is 29.7. The Labute approximate surface area is 235 Å². The third-order valence-electron chi connectivity index (χ3n) is 5.37. The zero-order valence-corrected chi connectivity index (χ0v) is 23.5. The Morgan fingerprint density at radius 3 is 1.64 bits per heavy atom. The maximum Gasteiger partial charge on any atom is 0.328 e. The first-order valence-corrected chi connectivity index (χ1v) is 14.0. The van der Waals surface area contributed by atoms with E-state index in [4.69, 9.17) is 10.2 Å². The molecule has 2 aromatic heterocycles. The Bertz CT molecular complexity index is 932. The summed E-state index contributed by atoms with van der Waals surface area (Å²) in [6.07, 6.45) is 3.89. The maximum absolute atomic E-state index is 11.2. The number of carbonyl (C=O) groups is 4. The second-order valence-corrected chi connectivity index (χ2v) is 9.60. The van der Waals surface area contributed by atoms with E-state index in [2.05, 4.69) is 29.9 Å². The van der Waals surface area contributed by atoms with Gasteiger partial charge in [0.05, 0.1) is 44.7 Å². The highest BCUT2D eigenvalue weighted by Gasteiger charge is 2.32. The summed E-state index contributed by atoms with van der Waals surface area (Å²) in [5.41, 5.74) is 1.23. The van der Waals surface area contributed by atoms with Crippen molar-refractivity contribution < 1.29 is 54.9 Å². The summed E-state index contributed by atoms with van der Waals surface area (Å²) in [7, 11) is 0. The number of thiophene rings is 2. The van der Waals surface area contributed by atoms with E-state index in [1.807, 2.05) is 22.9 Å². The van der Waals surface area contributed by atoms with E-state index in [1.165, 1.54) is 26.1 Å². The molecule has 0 aliphatic heterocycles. The number of aliphatic hydroxyl groups is 1. The van der Waals surface area contributed by atoms with Crippen molar-refractivity contribution in [3.8, 4) is 0 Å². The second kappa shape index (κ2) is 20.6. The fourth-order valence-electron chi connectivity index (χ4n) is 3.29. The number of nitrogens with two attached hydrogens (primary N) is 1. The summed E-state index contributed by atoms with van der Waals surface area (Å²) >= 11 is 3.30. The standard InChI is InChI=1S/C18H28N2OS2.2C4H4O4/c1-3-20(4-2)11-5-9-19-10-8-18(21,16-6-12-22-14-16)17-7-13-23-15-17;2*5-3(6)1-2-4(7)8/h6-7,12-15,19,21H,3-5,8-11H2,1-2H3;2*1-2H,(H,5,6)(H,7,8)/b;2*2-1+. The van der Waals surface area contributed by atoms with Crippen LogP contribution in [-0.4, -0.2) is 71.9 Å². The van der Waals surface area contributed by atoms with Crippen LogP contribution in [0.25, 0.3) is 0 Å². The van der Waals surface area contributed by atoms with Gasteiger partial charge >= 0.3 is 11.9 Å². The smallest absolute Gasteiger partial charge is 0.328 e. The summed E-state index contributed by atoms with van der Waals surface area (Å²) in [6.45, 7) is 10.3. The molecule has 0 unspecified atom stereocenters. The van der Waals surface area contributed by atoms with Crippen molar-refractivity contribution in [3.05, 3.63) is 69.1 Å². The molecule has 0 saturated heterocycles. The number of nitrogens with one attached hydrogen (secondary N) is 1. The molecule has 0 atom stereocenters. The Balaban J connectivity index is 0.000000742.